The molecule has 0 aromatic heterocycles. The van der Waals surface area contributed by atoms with Gasteiger partial charge in [0, 0.05) is 6.61 Å². The van der Waals surface area contributed by atoms with E-state index < -0.39 is 35.1 Å². The van der Waals surface area contributed by atoms with Crippen molar-refractivity contribution >= 4 is 11.8 Å². The van der Waals surface area contributed by atoms with Crippen molar-refractivity contribution in [1.29, 1.82) is 0 Å². The molecule has 7 heteroatoms. The second kappa shape index (κ2) is 8.38. The number of carbonyl (C=O) groups excluding carboxylic acids is 2. The van der Waals surface area contributed by atoms with Crippen LogP contribution in [-0.2, 0) is 9.53 Å². The number of halogens is 2. The van der Waals surface area contributed by atoms with Crippen molar-refractivity contribution in [1.82, 2.24) is 10.6 Å². The first-order valence-corrected chi connectivity index (χ1v) is 8.48. The smallest absolute Gasteiger partial charge is 0.257 e. The van der Waals surface area contributed by atoms with Gasteiger partial charge in [0.05, 0.1) is 12.1 Å². The largest absolute Gasteiger partial charge is 0.376 e. The Labute approximate surface area is 146 Å². The molecule has 0 saturated carbocycles. The maximum absolute atomic E-state index is 13.8. The third-order valence-corrected chi connectivity index (χ3v) is 4.32. The maximum Gasteiger partial charge on any atom is 0.257 e. The Balaban J connectivity index is 2.07. The van der Waals surface area contributed by atoms with E-state index in [0.29, 0.717) is 6.61 Å². The predicted molar refractivity (Wildman–Crippen MR) is 89.0 cm³/mol. The molecular formula is C18H24F2N2O3. The van der Waals surface area contributed by atoms with Crippen LogP contribution in [0.15, 0.2) is 18.2 Å². The minimum absolute atomic E-state index is 0.0588. The molecule has 138 valence electrons. The molecule has 0 aliphatic carbocycles. The number of carbonyl (C=O) groups is 2. The minimum atomic E-state index is -0.965. The zero-order valence-electron chi connectivity index (χ0n) is 14.6. The van der Waals surface area contributed by atoms with E-state index in [9.17, 15) is 18.4 Å². The fraction of sp³-hybridized carbons (Fsp3) is 0.556. The summed E-state index contributed by atoms with van der Waals surface area (Å²) in [6, 6.07) is 2.06. The Hall–Kier alpha value is -2.02. The lowest BCUT2D eigenvalue weighted by molar-refractivity contribution is -0.125. The lowest BCUT2D eigenvalue weighted by Crippen LogP contribution is -2.53. The summed E-state index contributed by atoms with van der Waals surface area (Å²) < 4.78 is 33.0. The number of benzene rings is 1. The monoisotopic (exact) mass is 354 g/mol. The van der Waals surface area contributed by atoms with Gasteiger partial charge in [0.1, 0.15) is 23.2 Å². The highest BCUT2D eigenvalue weighted by molar-refractivity contribution is 5.98. The highest BCUT2D eigenvalue weighted by Gasteiger charge is 2.30. The van der Waals surface area contributed by atoms with Crippen molar-refractivity contribution in [2.75, 3.05) is 6.61 Å². The number of rotatable bonds is 6. The van der Waals surface area contributed by atoms with Crippen molar-refractivity contribution in [2.24, 2.45) is 5.92 Å². The molecule has 1 heterocycles. The van der Waals surface area contributed by atoms with Crippen LogP contribution in [0.3, 0.4) is 0 Å². The molecule has 0 radical (unpaired) electrons. The Bertz CT molecular complexity index is 610. The van der Waals surface area contributed by atoms with Crippen molar-refractivity contribution in [2.45, 2.75) is 51.8 Å². The predicted octanol–water partition coefficient (Wildman–Crippen LogP) is 2.40. The van der Waals surface area contributed by atoms with Gasteiger partial charge in [0.15, 0.2) is 0 Å². The maximum atomic E-state index is 13.8. The molecule has 25 heavy (non-hydrogen) atoms. The highest BCUT2D eigenvalue weighted by Crippen LogP contribution is 2.16. The van der Waals surface area contributed by atoms with E-state index in [4.69, 9.17) is 4.74 Å². The molecule has 3 unspecified atom stereocenters. The first-order valence-electron chi connectivity index (χ1n) is 8.48. The molecule has 1 aliphatic rings. The summed E-state index contributed by atoms with van der Waals surface area (Å²) >= 11 is 0. The number of hydrogen-bond donors (Lipinski definition) is 2. The van der Waals surface area contributed by atoms with Crippen LogP contribution in [0.4, 0.5) is 8.78 Å². The van der Waals surface area contributed by atoms with Crippen molar-refractivity contribution in [3.63, 3.8) is 0 Å². The molecule has 1 aromatic carbocycles. The average Bonchev–Trinajstić information content (AvgIpc) is 3.06. The van der Waals surface area contributed by atoms with Gasteiger partial charge in [-0.3, -0.25) is 9.59 Å². The Morgan fingerprint density at radius 1 is 1.16 bits per heavy atom. The van der Waals surface area contributed by atoms with Crippen LogP contribution in [0.25, 0.3) is 0 Å². The van der Waals surface area contributed by atoms with E-state index in [-0.39, 0.29) is 18.1 Å². The van der Waals surface area contributed by atoms with Crippen LogP contribution in [0, 0.1) is 17.6 Å². The normalized spacial score (nSPS) is 19.5. The van der Waals surface area contributed by atoms with Crippen LogP contribution in [0.1, 0.15) is 44.0 Å². The molecule has 2 N–H and O–H groups in total. The quantitative estimate of drug-likeness (QED) is 0.824. The summed E-state index contributed by atoms with van der Waals surface area (Å²) in [5.41, 5.74) is -0.687. The van der Waals surface area contributed by atoms with E-state index in [0.717, 1.165) is 25.0 Å². The highest BCUT2D eigenvalue weighted by atomic mass is 19.1. The van der Waals surface area contributed by atoms with E-state index >= 15 is 0 Å². The summed E-state index contributed by atoms with van der Waals surface area (Å²) in [5, 5.41) is 5.26. The molecule has 2 rings (SSSR count). The van der Waals surface area contributed by atoms with Crippen LogP contribution in [0.2, 0.25) is 0 Å². The van der Waals surface area contributed by atoms with Crippen LogP contribution in [-0.4, -0.2) is 36.6 Å². The van der Waals surface area contributed by atoms with Gasteiger partial charge >= 0.3 is 0 Å². The molecule has 1 aromatic rings. The lowest BCUT2D eigenvalue weighted by Gasteiger charge is -2.26. The summed E-state index contributed by atoms with van der Waals surface area (Å²) in [4.78, 5) is 24.8. The summed E-state index contributed by atoms with van der Waals surface area (Å²) in [7, 11) is 0. The van der Waals surface area contributed by atoms with Gasteiger partial charge in [-0.2, -0.15) is 0 Å². The number of nitrogens with one attached hydrogen (secondary N) is 2. The Kier molecular flexibility index (Phi) is 6.47. The third kappa shape index (κ3) is 4.75. The third-order valence-electron chi connectivity index (χ3n) is 4.32. The van der Waals surface area contributed by atoms with Crippen molar-refractivity contribution in [3.8, 4) is 0 Å². The van der Waals surface area contributed by atoms with Crippen molar-refractivity contribution < 1.29 is 23.1 Å². The molecule has 1 saturated heterocycles. The molecule has 2 amide bonds. The molecule has 3 atom stereocenters. The van der Waals surface area contributed by atoms with Crippen molar-refractivity contribution in [3.05, 3.63) is 35.4 Å². The Morgan fingerprint density at radius 3 is 2.32 bits per heavy atom. The topological polar surface area (TPSA) is 67.4 Å². The number of ether oxygens (including phenoxy) is 1. The van der Waals surface area contributed by atoms with E-state index in [1.165, 1.54) is 6.07 Å². The average molecular weight is 354 g/mol. The standard InChI is InChI=1S/C18H24F2N2O3/c1-10(2)16(18(24)21-11(3)14-8-5-9-25-14)22-17(23)15-12(19)6-4-7-13(15)20/h4,6-7,10-11,14,16H,5,8-9H2,1-3H3,(H,21,24)(H,22,23). The second-order valence-electron chi connectivity index (χ2n) is 6.64. The fourth-order valence-corrected chi connectivity index (χ4v) is 2.87. The second-order valence-corrected chi connectivity index (χ2v) is 6.64. The van der Waals surface area contributed by atoms with E-state index in [1.807, 2.05) is 6.92 Å². The van der Waals surface area contributed by atoms with Gasteiger partial charge in [-0.05, 0) is 37.8 Å². The van der Waals surface area contributed by atoms with Crippen LogP contribution < -0.4 is 10.6 Å². The fourth-order valence-electron chi connectivity index (χ4n) is 2.87. The van der Waals surface area contributed by atoms with Gasteiger partial charge in [-0.1, -0.05) is 19.9 Å². The lowest BCUT2D eigenvalue weighted by atomic mass is 10.0. The zero-order valence-corrected chi connectivity index (χ0v) is 14.6. The van der Waals surface area contributed by atoms with Gasteiger partial charge in [-0.25, -0.2) is 8.78 Å². The van der Waals surface area contributed by atoms with E-state index in [2.05, 4.69) is 10.6 Å². The number of amides is 2. The van der Waals surface area contributed by atoms with Gasteiger partial charge in [0.2, 0.25) is 5.91 Å². The molecule has 0 bridgehead atoms. The van der Waals surface area contributed by atoms with Crippen LogP contribution >= 0.6 is 0 Å². The van der Waals surface area contributed by atoms with E-state index in [1.54, 1.807) is 13.8 Å². The zero-order chi connectivity index (χ0) is 18.6. The molecule has 0 spiro atoms. The number of hydrogen-bond acceptors (Lipinski definition) is 3. The summed E-state index contributed by atoms with van der Waals surface area (Å²) in [6.07, 6.45) is 1.75. The first kappa shape index (κ1) is 19.3. The summed E-state index contributed by atoms with van der Waals surface area (Å²) in [5.74, 6) is -3.53. The summed E-state index contributed by atoms with van der Waals surface area (Å²) in [6.45, 7) is 6.00. The molecule has 1 aliphatic heterocycles. The SMILES string of the molecule is CC(C)C(NC(=O)c1c(F)cccc1F)C(=O)NC(C)C1CCCO1. The molecule has 1 fully saturated rings. The van der Waals surface area contributed by atoms with Crippen LogP contribution in [0.5, 0.6) is 0 Å². The van der Waals surface area contributed by atoms with Gasteiger partial charge in [0.25, 0.3) is 5.91 Å². The minimum Gasteiger partial charge on any atom is -0.376 e. The molecular weight excluding hydrogens is 330 g/mol. The molecule has 5 nitrogen and oxygen atoms in total. The Morgan fingerprint density at radius 2 is 1.80 bits per heavy atom. The van der Waals surface area contributed by atoms with Gasteiger partial charge < -0.3 is 15.4 Å². The van der Waals surface area contributed by atoms with Gasteiger partial charge in [-0.15, -0.1) is 0 Å². The first-order chi connectivity index (χ1) is 11.8.